The molecule has 0 saturated heterocycles. The Morgan fingerprint density at radius 1 is 0.321 bits per heavy atom. The second-order valence-electron chi connectivity index (χ2n) is 13.7. The zero-order chi connectivity index (χ0) is 35.0. The van der Waals surface area contributed by atoms with Crippen molar-refractivity contribution in [3.8, 4) is 34.3 Å². The van der Waals surface area contributed by atoms with Crippen LogP contribution in [0, 0.1) is 11.3 Å². The lowest BCUT2D eigenvalue weighted by molar-refractivity contribution is 1.17. The van der Waals surface area contributed by atoms with E-state index in [4.69, 9.17) is 0 Å². The lowest BCUT2D eigenvalue weighted by Crippen LogP contribution is -1.96. The van der Waals surface area contributed by atoms with Crippen molar-refractivity contribution in [3.63, 3.8) is 0 Å². The van der Waals surface area contributed by atoms with Crippen LogP contribution in [0.25, 0.3) is 93.6 Å². The van der Waals surface area contributed by atoms with Gasteiger partial charge in [0.1, 0.15) is 0 Å². The van der Waals surface area contributed by atoms with Crippen LogP contribution in [-0.2, 0) is 0 Å². The lowest BCUT2D eigenvalue weighted by Gasteiger charge is -2.13. The summed E-state index contributed by atoms with van der Waals surface area (Å²) in [7, 11) is 0. The SMILES string of the molecule is N#Cc1ccc2c(c1)c1c3c4ccccc4n(-c4ccccc4)c3ccc1n2-c1cccc(-c2cccc(-n3c4ccccc4c4ccccc43)c2)c1. The molecule has 0 N–H and O–H groups in total. The van der Waals surface area contributed by atoms with E-state index >= 15 is 0 Å². The number of benzene rings is 8. The highest BCUT2D eigenvalue weighted by atomic mass is 15.0. The molecule has 0 aliphatic carbocycles. The molecule has 0 unspecified atom stereocenters. The van der Waals surface area contributed by atoms with E-state index in [0.717, 1.165) is 61.0 Å². The van der Waals surface area contributed by atoms with Crippen molar-refractivity contribution in [2.24, 2.45) is 0 Å². The highest BCUT2D eigenvalue weighted by Gasteiger charge is 2.21. The van der Waals surface area contributed by atoms with Crippen molar-refractivity contribution in [3.05, 3.63) is 188 Å². The summed E-state index contributed by atoms with van der Waals surface area (Å²) in [6.07, 6.45) is 0. The fourth-order valence-electron chi connectivity index (χ4n) is 8.62. The summed E-state index contributed by atoms with van der Waals surface area (Å²) in [6, 6.07) is 67.2. The molecule has 53 heavy (non-hydrogen) atoms. The number of hydrogen-bond acceptors (Lipinski definition) is 1. The smallest absolute Gasteiger partial charge is 0.0991 e. The van der Waals surface area contributed by atoms with Gasteiger partial charge in [-0.2, -0.15) is 5.26 Å². The standard InChI is InChI=1S/C49H30N4/c50-31-32-24-25-45-41(28-32)49-47(27-26-46-48(49)40-20-6-9-23-44(40)51(46)35-14-2-1-3-15-35)53(45)37-17-11-13-34(30-37)33-12-10-16-36(29-33)52-42-21-7-4-18-38(42)39-19-5-8-22-43(39)52/h1-30H. The van der Waals surface area contributed by atoms with Gasteiger partial charge < -0.3 is 13.7 Å². The van der Waals surface area contributed by atoms with E-state index < -0.39 is 0 Å². The van der Waals surface area contributed by atoms with E-state index in [0.29, 0.717) is 5.56 Å². The number of fused-ring (bicyclic) bond motifs is 10. The normalized spacial score (nSPS) is 11.8. The molecule has 0 aliphatic heterocycles. The monoisotopic (exact) mass is 674 g/mol. The first kappa shape index (κ1) is 29.4. The van der Waals surface area contributed by atoms with Crippen molar-refractivity contribution in [2.75, 3.05) is 0 Å². The highest BCUT2D eigenvalue weighted by molar-refractivity contribution is 6.29. The predicted octanol–water partition coefficient (Wildman–Crippen LogP) is 12.5. The van der Waals surface area contributed by atoms with Crippen LogP contribution in [0.1, 0.15) is 5.56 Å². The van der Waals surface area contributed by atoms with Crippen LogP contribution >= 0.6 is 0 Å². The third kappa shape index (κ3) is 4.29. The largest absolute Gasteiger partial charge is 0.309 e. The molecule has 0 aliphatic rings. The van der Waals surface area contributed by atoms with Gasteiger partial charge in [0.2, 0.25) is 0 Å². The quantitative estimate of drug-likeness (QED) is 0.183. The summed E-state index contributed by atoms with van der Waals surface area (Å²) in [5.41, 5.74) is 13.1. The summed E-state index contributed by atoms with van der Waals surface area (Å²) >= 11 is 0. The molecular formula is C49H30N4. The zero-order valence-corrected chi connectivity index (χ0v) is 28.6. The molecule has 0 saturated carbocycles. The van der Waals surface area contributed by atoms with Crippen LogP contribution < -0.4 is 0 Å². The van der Waals surface area contributed by atoms with Crippen LogP contribution in [-0.4, -0.2) is 13.7 Å². The van der Waals surface area contributed by atoms with Crippen LogP contribution in [0.3, 0.4) is 0 Å². The Hall–Kier alpha value is -7.35. The van der Waals surface area contributed by atoms with Gasteiger partial charge in [0.05, 0.1) is 44.7 Å². The van der Waals surface area contributed by atoms with Gasteiger partial charge in [0, 0.05) is 49.4 Å². The van der Waals surface area contributed by atoms with Crippen LogP contribution in [0.4, 0.5) is 0 Å². The molecule has 3 aromatic heterocycles. The summed E-state index contributed by atoms with van der Waals surface area (Å²) in [6.45, 7) is 0. The predicted molar refractivity (Wildman–Crippen MR) is 220 cm³/mol. The fraction of sp³-hybridized carbons (Fsp3) is 0. The van der Waals surface area contributed by atoms with E-state index in [-0.39, 0.29) is 0 Å². The van der Waals surface area contributed by atoms with E-state index in [9.17, 15) is 5.26 Å². The summed E-state index contributed by atoms with van der Waals surface area (Å²) in [4.78, 5) is 0. The third-order valence-corrected chi connectivity index (χ3v) is 10.8. The number of aromatic nitrogens is 3. The minimum absolute atomic E-state index is 0.649. The second kappa shape index (κ2) is 11.3. The van der Waals surface area contributed by atoms with Crippen LogP contribution in [0.15, 0.2) is 182 Å². The van der Waals surface area contributed by atoms with Crippen LogP contribution in [0.2, 0.25) is 0 Å². The molecule has 0 spiro atoms. The molecular weight excluding hydrogens is 645 g/mol. The first-order valence-electron chi connectivity index (χ1n) is 17.9. The Bertz CT molecular complexity index is 3240. The molecule has 4 nitrogen and oxygen atoms in total. The Labute approximate surface area is 305 Å². The van der Waals surface area contributed by atoms with Gasteiger partial charge in [0.25, 0.3) is 0 Å². The Kier molecular flexibility index (Phi) is 6.28. The first-order valence-corrected chi connectivity index (χ1v) is 17.9. The zero-order valence-electron chi connectivity index (χ0n) is 28.6. The first-order chi connectivity index (χ1) is 26.3. The van der Waals surface area contributed by atoms with E-state index in [1.165, 1.54) is 32.6 Å². The van der Waals surface area contributed by atoms with Crippen molar-refractivity contribution in [1.29, 1.82) is 5.26 Å². The molecule has 0 radical (unpaired) electrons. The molecule has 0 amide bonds. The number of nitriles is 1. The highest BCUT2D eigenvalue weighted by Crippen LogP contribution is 2.43. The van der Waals surface area contributed by atoms with Gasteiger partial charge in [-0.05, 0) is 96.1 Å². The third-order valence-electron chi connectivity index (χ3n) is 10.8. The van der Waals surface area contributed by atoms with Gasteiger partial charge in [-0.1, -0.05) is 97.1 Å². The van der Waals surface area contributed by atoms with E-state index in [2.05, 4.69) is 196 Å². The average Bonchev–Trinajstić information content (AvgIpc) is 3.86. The van der Waals surface area contributed by atoms with E-state index in [1.807, 2.05) is 6.07 Å². The average molecular weight is 675 g/mol. The maximum atomic E-state index is 10.0. The van der Waals surface area contributed by atoms with Gasteiger partial charge >= 0.3 is 0 Å². The van der Waals surface area contributed by atoms with Crippen molar-refractivity contribution in [2.45, 2.75) is 0 Å². The molecule has 246 valence electrons. The number of hydrogen-bond donors (Lipinski definition) is 0. The van der Waals surface area contributed by atoms with Gasteiger partial charge in [-0.3, -0.25) is 0 Å². The van der Waals surface area contributed by atoms with Crippen molar-refractivity contribution in [1.82, 2.24) is 13.7 Å². The lowest BCUT2D eigenvalue weighted by atomic mass is 10.0. The van der Waals surface area contributed by atoms with Gasteiger partial charge in [0.15, 0.2) is 0 Å². The Balaban J connectivity index is 1.15. The summed E-state index contributed by atoms with van der Waals surface area (Å²) in [5, 5.41) is 17.1. The molecule has 3 heterocycles. The molecule has 4 heteroatoms. The minimum atomic E-state index is 0.649. The maximum absolute atomic E-state index is 10.0. The van der Waals surface area contributed by atoms with Crippen LogP contribution in [0.5, 0.6) is 0 Å². The maximum Gasteiger partial charge on any atom is 0.0991 e. The molecule has 11 aromatic rings. The molecule has 0 atom stereocenters. The minimum Gasteiger partial charge on any atom is -0.309 e. The Morgan fingerprint density at radius 3 is 1.36 bits per heavy atom. The summed E-state index contributed by atoms with van der Waals surface area (Å²) < 4.78 is 7.08. The molecule has 0 fully saturated rings. The fourth-order valence-corrected chi connectivity index (χ4v) is 8.62. The van der Waals surface area contributed by atoms with Gasteiger partial charge in [-0.25, -0.2) is 0 Å². The molecule has 11 rings (SSSR count). The number of nitrogens with zero attached hydrogens (tertiary/aromatic N) is 4. The topological polar surface area (TPSA) is 38.6 Å². The van der Waals surface area contributed by atoms with E-state index in [1.54, 1.807) is 0 Å². The molecule has 0 bridgehead atoms. The van der Waals surface area contributed by atoms with Gasteiger partial charge in [-0.15, -0.1) is 0 Å². The van der Waals surface area contributed by atoms with Crippen molar-refractivity contribution < 1.29 is 0 Å². The van der Waals surface area contributed by atoms with Crippen molar-refractivity contribution >= 4 is 65.4 Å². The Morgan fingerprint density at radius 2 is 0.755 bits per heavy atom. The molecule has 8 aromatic carbocycles. The number of para-hydroxylation sites is 4. The number of rotatable bonds is 4. The second-order valence-corrected chi connectivity index (χ2v) is 13.7. The summed E-state index contributed by atoms with van der Waals surface area (Å²) in [5.74, 6) is 0.